The van der Waals surface area contributed by atoms with E-state index in [1.54, 1.807) is 57.2 Å². The van der Waals surface area contributed by atoms with Gasteiger partial charge in [-0.1, -0.05) is 59.3 Å². The van der Waals surface area contributed by atoms with Crippen molar-refractivity contribution in [3.63, 3.8) is 0 Å². The van der Waals surface area contributed by atoms with Crippen LogP contribution in [0.5, 0.6) is 28.7 Å². The summed E-state index contributed by atoms with van der Waals surface area (Å²) in [6, 6.07) is 19.3. The van der Waals surface area contributed by atoms with Crippen LogP contribution in [-0.4, -0.2) is 86.6 Å². The molecule has 5 aromatic carbocycles. The Balaban J connectivity index is 1.35. The number of benzene rings is 5. The number of amides is 4. The van der Waals surface area contributed by atoms with Gasteiger partial charge in [0.15, 0.2) is 5.75 Å². The number of nitrogens with one attached hydrogen (secondary N) is 4. The molecule has 1 unspecified atom stereocenters. The molecule has 72 heavy (non-hydrogen) atoms. The molecule has 18 nitrogen and oxygen atoms in total. The van der Waals surface area contributed by atoms with Crippen molar-refractivity contribution in [2.24, 2.45) is 10.3 Å². The minimum atomic E-state index is -1.76. The molecule has 9 rings (SSSR count). The van der Waals surface area contributed by atoms with E-state index in [4.69, 9.17) is 40.0 Å². The van der Waals surface area contributed by atoms with Crippen LogP contribution in [0.15, 0.2) is 106 Å². The Bertz CT molecular complexity index is 2880. The zero-order valence-corrected chi connectivity index (χ0v) is 42.8. The third-order valence-electron chi connectivity index (χ3n) is 12.1. The van der Waals surface area contributed by atoms with Crippen LogP contribution in [0.2, 0.25) is 5.02 Å². The Kier molecular flexibility index (Phi) is 15.9. The standard InChI is InChI=1S/C52H55BrClN7O11/c1-52(2,3)72-51(66)58-44-31-21-35(53)45(59-60-61-18-10-11-19-61)41(23-31)71-39-17-15-30(22-36(39)54)47(62)46-50(65)55-37(27-70-26-28-12-8-7-9-13-28)33-24-32(67-4)25-40(69-6)42(33)34-20-29(14-16-38(34)68-5)43(48(63)57-46)56-49(44)64/h7-9,12-17,20-25,37,43-44,46-47,62H,10-11,18-19,26-27H2,1-6H3,(H,55,65)(H,56,64)(H,57,63)(H,58,66)/t37?,43-,44+,46+,47+/m0/s1. The first-order valence-electron chi connectivity index (χ1n) is 23.2. The molecule has 0 radical (unpaired) electrons. The summed E-state index contributed by atoms with van der Waals surface area (Å²) in [5, 5.41) is 34.5. The molecular weight excluding hydrogens is 1010 g/mol. The number of fused-ring (bicyclic) bond motifs is 8. The topological polar surface area (TPSA) is 220 Å². The van der Waals surface area contributed by atoms with Gasteiger partial charge in [0.05, 0.1) is 45.6 Å². The summed E-state index contributed by atoms with van der Waals surface area (Å²) in [5.74, 6) is -1.44. The Labute approximate surface area is 429 Å². The number of hydrogen-bond acceptors (Lipinski definition) is 13. The van der Waals surface area contributed by atoms with Gasteiger partial charge in [-0.25, -0.2) is 4.79 Å². The van der Waals surface area contributed by atoms with Crippen LogP contribution in [-0.2, 0) is 30.5 Å². The maximum atomic E-state index is 15.2. The molecule has 5 N–H and O–H groups in total. The van der Waals surface area contributed by atoms with E-state index in [1.807, 2.05) is 35.3 Å². The number of alkyl carbamates (subject to hydrolysis) is 1. The third kappa shape index (κ3) is 11.7. The first-order chi connectivity index (χ1) is 34.5. The van der Waals surface area contributed by atoms with Crippen molar-refractivity contribution < 1.29 is 52.7 Å². The molecule has 1 saturated heterocycles. The van der Waals surface area contributed by atoms with E-state index in [-0.39, 0.29) is 52.1 Å². The smallest absolute Gasteiger partial charge is 0.408 e. The predicted molar refractivity (Wildman–Crippen MR) is 269 cm³/mol. The summed E-state index contributed by atoms with van der Waals surface area (Å²) in [7, 11) is 4.45. The maximum Gasteiger partial charge on any atom is 0.408 e. The SMILES string of the molecule is COc1cc(OC)c2c(c1)C(COCc1ccccc1)NC(=O)[C@@H]1NC(=O)[C@@H](NC(=O)[C@H](NC(=O)OC(C)(C)C)c3cc(Br)c(N=NN4CCCC4)c(c3)Oc3ccc(cc3Cl)[C@H]1O)c1ccc(OC)c-2c1. The van der Waals surface area contributed by atoms with Gasteiger partial charge < -0.3 is 54.8 Å². The lowest BCUT2D eigenvalue weighted by Crippen LogP contribution is -2.54. The van der Waals surface area contributed by atoms with Crippen LogP contribution in [0.1, 0.15) is 85.7 Å². The van der Waals surface area contributed by atoms with E-state index in [1.165, 1.54) is 45.6 Å². The first kappa shape index (κ1) is 51.4. The predicted octanol–water partition coefficient (Wildman–Crippen LogP) is 9.02. The lowest BCUT2D eigenvalue weighted by atomic mass is 9.89. The fraction of sp³-hybridized carbons (Fsp3) is 0.346. The van der Waals surface area contributed by atoms with Crippen LogP contribution in [0.3, 0.4) is 0 Å². The second kappa shape index (κ2) is 22.2. The van der Waals surface area contributed by atoms with Crippen LogP contribution < -0.4 is 40.2 Å². The lowest BCUT2D eigenvalue weighted by Gasteiger charge is -2.32. The van der Waals surface area contributed by atoms with E-state index < -0.39 is 59.7 Å². The summed E-state index contributed by atoms with van der Waals surface area (Å²) in [4.78, 5) is 59.1. The molecule has 0 spiro atoms. The lowest BCUT2D eigenvalue weighted by molar-refractivity contribution is -0.135. The second-order valence-corrected chi connectivity index (χ2v) is 19.5. The van der Waals surface area contributed by atoms with Crippen molar-refractivity contribution in [1.82, 2.24) is 26.3 Å². The molecule has 20 heteroatoms. The van der Waals surface area contributed by atoms with Crippen LogP contribution in [0, 0.1) is 0 Å². The minimum Gasteiger partial charge on any atom is -0.497 e. The van der Waals surface area contributed by atoms with Crippen molar-refractivity contribution in [2.75, 3.05) is 41.0 Å². The molecule has 8 bridgehead atoms. The van der Waals surface area contributed by atoms with E-state index in [9.17, 15) is 9.90 Å². The number of ether oxygens (including phenoxy) is 6. The van der Waals surface area contributed by atoms with Crippen LogP contribution >= 0.6 is 27.5 Å². The van der Waals surface area contributed by atoms with Crippen molar-refractivity contribution in [2.45, 2.75) is 76.1 Å². The number of carbonyl (C=O) groups is 4. The van der Waals surface area contributed by atoms with Gasteiger partial charge in [0.2, 0.25) is 17.7 Å². The second-order valence-electron chi connectivity index (χ2n) is 18.3. The zero-order valence-electron chi connectivity index (χ0n) is 40.4. The molecule has 0 aromatic heterocycles. The van der Waals surface area contributed by atoms with Crippen molar-refractivity contribution >= 4 is 57.0 Å². The Morgan fingerprint density at radius 3 is 2.26 bits per heavy atom. The fourth-order valence-electron chi connectivity index (χ4n) is 8.60. The molecular formula is C52H55BrClN7O11. The molecule has 4 amide bonds. The monoisotopic (exact) mass is 1070 g/mol. The van der Waals surface area contributed by atoms with Gasteiger partial charge >= 0.3 is 6.09 Å². The van der Waals surface area contributed by atoms with Crippen molar-refractivity contribution in [3.8, 4) is 39.9 Å². The summed E-state index contributed by atoms with van der Waals surface area (Å²) < 4.78 is 36.4. The van der Waals surface area contributed by atoms with Gasteiger partial charge in [-0.05, 0) is 120 Å². The number of aliphatic hydroxyl groups excluding tert-OH is 1. The highest BCUT2D eigenvalue weighted by molar-refractivity contribution is 9.10. The summed E-state index contributed by atoms with van der Waals surface area (Å²) in [6.07, 6.45) is -0.816. The molecule has 0 saturated carbocycles. The van der Waals surface area contributed by atoms with Gasteiger partial charge in [0, 0.05) is 34.8 Å². The van der Waals surface area contributed by atoms with Crippen molar-refractivity contribution in [1.29, 1.82) is 0 Å². The minimum absolute atomic E-state index is 0.00704. The van der Waals surface area contributed by atoms with E-state index in [0.29, 0.717) is 51.5 Å². The molecule has 4 heterocycles. The van der Waals surface area contributed by atoms with Gasteiger partial charge in [-0.15, -0.1) is 5.11 Å². The fourth-order valence-corrected chi connectivity index (χ4v) is 9.36. The Morgan fingerprint density at radius 2 is 1.57 bits per heavy atom. The van der Waals surface area contributed by atoms with Gasteiger partial charge in [-0.2, -0.15) is 0 Å². The Morgan fingerprint density at radius 1 is 0.833 bits per heavy atom. The molecule has 1 fully saturated rings. The number of carbonyl (C=O) groups excluding carboxylic acids is 4. The first-order valence-corrected chi connectivity index (χ1v) is 24.3. The summed E-state index contributed by atoms with van der Waals surface area (Å²) in [6.45, 7) is 6.48. The average molecular weight is 1070 g/mol. The number of halogens is 2. The van der Waals surface area contributed by atoms with Crippen LogP contribution in [0.25, 0.3) is 11.1 Å². The van der Waals surface area contributed by atoms with Crippen molar-refractivity contribution in [3.05, 3.63) is 128 Å². The zero-order chi connectivity index (χ0) is 51.3. The molecule has 4 aliphatic heterocycles. The van der Waals surface area contributed by atoms with E-state index in [0.717, 1.165) is 18.4 Å². The third-order valence-corrected chi connectivity index (χ3v) is 13.0. The van der Waals surface area contributed by atoms with E-state index >= 15 is 14.4 Å². The van der Waals surface area contributed by atoms with Gasteiger partial charge in [0.25, 0.3) is 0 Å². The maximum absolute atomic E-state index is 15.2. The van der Waals surface area contributed by atoms with Gasteiger partial charge in [-0.3, -0.25) is 19.4 Å². The highest BCUT2D eigenvalue weighted by atomic mass is 79.9. The molecule has 0 aliphatic carbocycles. The molecule has 5 atom stereocenters. The number of hydrogen-bond donors (Lipinski definition) is 5. The average Bonchev–Trinajstić information content (AvgIpc) is 3.88. The van der Waals surface area contributed by atoms with E-state index in [2.05, 4.69) is 47.5 Å². The summed E-state index contributed by atoms with van der Waals surface area (Å²) >= 11 is 10.6. The summed E-state index contributed by atoms with van der Waals surface area (Å²) in [5.41, 5.74) is 1.93. The number of aliphatic hydroxyl groups is 1. The normalized spacial score (nSPS) is 20.0. The molecule has 378 valence electrons. The quantitative estimate of drug-likeness (QED) is 0.0828. The largest absolute Gasteiger partial charge is 0.497 e. The van der Waals surface area contributed by atoms with Crippen LogP contribution in [0.4, 0.5) is 10.5 Å². The molecule has 5 aromatic rings. The number of methoxy groups -OCH3 is 3. The number of nitrogens with zero attached hydrogens (tertiary/aromatic N) is 3. The number of rotatable bonds is 10. The highest BCUT2D eigenvalue weighted by Gasteiger charge is 2.39. The van der Waals surface area contributed by atoms with Gasteiger partial charge in [0.1, 0.15) is 58.5 Å². The highest BCUT2D eigenvalue weighted by Crippen LogP contribution is 2.46. The Hall–Kier alpha value is -6.93. The molecule has 4 aliphatic rings.